The van der Waals surface area contributed by atoms with Gasteiger partial charge in [-0.25, -0.2) is 8.78 Å². The molecular formula is C14H18F2N4O3. The van der Waals surface area contributed by atoms with Crippen LogP contribution in [-0.2, 0) is 9.59 Å². The monoisotopic (exact) mass is 328 g/mol. The zero-order chi connectivity index (χ0) is 17.0. The molecule has 2 rings (SSSR count). The van der Waals surface area contributed by atoms with Crippen molar-refractivity contribution in [1.29, 1.82) is 0 Å². The lowest BCUT2D eigenvalue weighted by molar-refractivity contribution is -0.133. The van der Waals surface area contributed by atoms with Crippen LogP contribution in [0, 0.1) is 11.6 Å². The highest BCUT2D eigenvalue weighted by atomic mass is 19.1. The smallest absolute Gasteiger partial charge is 0.246 e. The van der Waals surface area contributed by atoms with E-state index in [4.69, 9.17) is 10.8 Å². The fraction of sp³-hybridized carbons (Fsp3) is 0.429. The predicted molar refractivity (Wildman–Crippen MR) is 79.7 cm³/mol. The number of nitrogens with one attached hydrogen (secondary N) is 1. The molecule has 9 heteroatoms. The number of anilines is 2. The highest BCUT2D eigenvalue weighted by molar-refractivity contribution is 5.85. The van der Waals surface area contributed by atoms with E-state index in [1.165, 1.54) is 9.80 Å². The highest BCUT2D eigenvalue weighted by Crippen LogP contribution is 2.26. The third kappa shape index (κ3) is 4.07. The molecule has 2 amide bonds. The average molecular weight is 328 g/mol. The standard InChI is InChI=1S/C14H18F2N4O3/c15-10-5-9(17)6-11(16)14(10)20-3-1-19(2-4-20)13(23)7-18-12(22)8-21/h5-6,21H,1-4,7-8,17H2,(H,18,22). The number of aliphatic hydroxyl groups excluding tert-OH is 1. The second-order valence-corrected chi connectivity index (χ2v) is 5.14. The molecule has 1 aromatic rings. The number of nitrogen functional groups attached to an aromatic ring is 1. The number of hydrogen-bond donors (Lipinski definition) is 3. The van der Waals surface area contributed by atoms with Gasteiger partial charge in [-0.15, -0.1) is 0 Å². The van der Waals surface area contributed by atoms with Crippen LogP contribution >= 0.6 is 0 Å². The van der Waals surface area contributed by atoms with Gasteiger partial charge in [0.2, 0.25) is 11.8 Å². The minimum Gasteiger partial charge on any atom is -0.399 e. The van der Waals surface area contributed by atoms with E-state index in [0.29, 0.717) is 0 Å². The number of rotatable bonds is 4. The van der Waals surface area contributed by atoms with Crippen molar-refractivity contribution in [3.8, 4) is 0 Å². The molecule has 7 nitrogen and oxygen atoms in total. The van der Waals surface area contributed by atoms with Gasteiger partial charge in [0.1, 0.15) is 12.3 Å². The summed E-state index contributed by atoms with van der Waals surface area (Å²) in [5, 5.41) is 10.8. The summed E-state index contributed by atoms with van der Waals surface area (Å²) >= 11 is 0. The Labute approximate surface area is 131 Å². The van der Waals surface area contributed by atoms with Gasteiger partial charge >= 0.3 is 0 Å². The van der Waals surface area contributed by atoms with Crippen molar-refractivity contribution in [3.05, 3.63) is 23.8 Å². The number of carbonyl (C=O) groups is 2. The number of amides is 2. The molecule has 1 aromatic carbocycles. The van der Waals surface area contributed by atoms with E-state index in [1.54, 1.807) is 0 Å². The number of nitrogens with two attached hydrogens (primary N) is 1. The van der Waals surface area contributed by atoms with Crippen molar-refractivity contribution in [1.82, 2.24) is 10.2 Å². The molecule has 0 spiro atoms. The van der Waals surface area contributed by atoms with Crippen LogP contribution in [0.2, 0.25) is 0 Å². The maximum Gasteiger partial charge on any atom is 0.246 e. The fourth-order valence-electron chi connectivity index (χ4n) is 2.41. The van der Waals surface area contributed by atoms with Gasteiger partial charge < -0.3 is 26.0 Å². The molecule has 0 unspecified atom stereocenters. The molecule has 23 heavy (non-hydrogen) atoms. The Kier molecular flexibility index (Phi) is 5.32. The van der Waals surface area contributed by atoms with Crippen LogP contribution in [0.15, 0.2) is 12.1 Å². The molecule has 1 saturated heterocycles. The van der Waals surface area contributed by atoms with Crippen LogP contribution in [0.5, 0.6) is 0 Å². The molecule has 0 saturated carbocycles. The first-order chi connectivity index (χ1) is 10.9. The Morgan fingerprint density at radius 2 is 1.74 bits per heavy atom. The van der Waals surface area contributed by atoms with Gasteiger partial charge in [0, 0.05) is 31.9 Å². The van der Waals surface area contributed by atoms with Crippen molar-refractivity contribution < 1.29 is 23.5 Å². The van der Waals surface area contributed by atoms with E-state index in [0.717, 1.165) is 12.1 Å². The zero-order valence-electron chi connectivity index (χ0n) is 12.4. The Morgan fingerprint density at radius 3 is 2.26 bits per heavy atom. The van der Waals surface area contributed by atoms with Crippen LogP contribution in [0.3, 0.4) is 0 Å². The first kappa shape index (κ1) is 16.9. The van der Waals surface area contributed by atoms with Crippen LogP contribution in [0.25, 0.3) is 0 Å². The Bertz CT molecular complexity index is 581. The molecule has 1 aliphatic heterocycles. The van der Waals surface area contributed by atoms with E-state index in [1.807, 2.05) is 0 Å². The number of hydrogen-bond acceptors (Lipinski definition) is 5. The van der Waals surface area contributed by atoms with E-state index in [-0.39, 0.29) is 50.0 Å². The lowest BCUT2D eigenvalue weighted by Crippen LogP contribution is -2.51. The summed E-state index contributed by atoms with van der Waals surface area (Å²) in [4.78, 5) is 25.8. The summed E-state index contributed by atoms with van der Waals surface area (Å²) in [6.45, 7) is 0.170. The van der Waals surface area contributed by atoms with Crippen molar-refractivity contribution in [2.45, 2.75) is 0 Å². The largest absolute Gasteiger partial charge is 0.399 e. The number of piperazine rings is 1. The SMILES string of the molecule is Nc1cc(F)c(N2CCN(C(=O)CNC(=O)CO)CC2)c(F)c1. The Morgan fingerprint density at radius 1 is 1.17 bits per heavy atom. The van der Waals surface area contributed by atoms with Crippen molar-refractivity contribution >= 4 is 23.2 Å². The molecule has 4 N–H and O–H groups in total. The van der Waals surface area contributed by atoms with Crippen molar-refractivity contribution in [2.24, 2.45) is 0 Å². The van der Waals surface area contributed by atoms with Crippen LogP contribution in [0.1, 0.15) is 0 Å². The maximum atomic E-state index is 13.9. The Balaban J connectivity index is 1.94. The second kappa shape index (κ2) is 7.23. The number of nitrogens with zero attached hydrogens (tertiary/aromatic N) is 2. The normalized spacial score (nSPS) is 14.7. The minimum atomic E-state index is -0.738. The number of carbonyl (C=O) groups excluding carboxylic acids is 2. The molecule has 1 heterocycles. The second-order valence-electron chi connectivity index (χ2n) is 5.14. The first-order valence-electron chi connectivity index (χ1n) is 7.07. The van der Waals surface area contributed by atoms with Gasteiger partial charge in [-0.1, -0.05) is 0 Å². The van der Waals surface area contributed by atoms with Gasteiger partial charge in [-0.3, -0.25) is 9.59 Å². The Hall–Kier alpha value is -2.42. The molecule has 0 atom stereocenters. The summed E-state index contributed by atoms with van der Waals surface area (Å²) in [5.74, 6) is -2.43. The quantitative estimate of drug-likeness (QED) is 0.635. The van der Waals surface area contributed by atoms with Gasteiger partial charge in [0.05, 0.1) is 6.54 Å². The van der Waals surface area contributed by atoms with Crippen molar-refractivity contribution in [2.75, 3.05) is 50.0 Å². The van der Waals surface area contributed by atoms with E-state index >= 15 is 0 Å². The fourth-order valence-corrected chi connectivity index (χ4v) is 2.41. The van der Waals surface area contributed by atoms with E-state index < -0.39 is 24.1 Å². The first-order valence-corrected chi connectivity index (χ1v) is 7.07. The summed E-state index contributed by atoms with van der Waals surface area (Å²) in [6, 6.07) is 2.11. The molecule has 0 bridgehead atoms. The van der Waals surface area contributed by atoms with E-state index in [2.05, 4.69) is 5.32 Å². The molecule has 0 aromatic heterocycles. The summed E-state index contributed by atoms with van der Waals surface area (Å²) in [7, 11) is 0. The third-order valence-electron chi connectivity index (χ3n) is 3.57. The lowest BCUT2D eigenvalue weighted by Gasteiger charge is -2.36. The van der Waals surface area contributed by atoms with Crippen LogP contribution < -0.4 is 16.0 Å². The topological polar surface area (TPSA) is 98.9 Å². The van der Waals surface area contributed by atoms with Crippen molar-refractivity contribution in [3.63, 3.8) is 0 Å². The maximum absolute atomic E-state index is 13.9. The van der Waals surface area contributed by atoms with Crippen LogP contribution in [-0.4, -0.2) is 61.2 Å². The molecule has 126 valence electrons. The molecule has 1 fully saturated rings. The lowest BCUT2D eigenvalue weighted by atomic mass is 10.2. The zero-order valence-corrected chi connectivity index (χ0v) is 12.4. The summed E-state index contributed by atoms with van der Waals surface area (Å²) in [6.07, 6.45) is 0. The molecule has 1 aliphatic rings. The molecule has 0 aliphatic carbocycles. The molecular weight excluding hydrogens is 310 g/mol. The third-order valence-corrected chi connectivity index (χ3v) is 3.57. The van der Waals surface area contributed by atoms with Gasteiger partial charge in [0.15, 0.2) is 11.6 Å². The molecule has 0 radical (unpaired) electrons. The minimum absolute atomic E-state index is 0.0113. The average Bonchev–Trinajstić information content (AvgIpc) is 2.52. The van der Waals surface area contributed by atoms with E-state index in [9.17, 15) is 18.4 Å². The number of aliphatic hydroxyl groups is 1. The highest BCUT2D eigenvalue weighted by Gasteiger charge is 2.25. The number of halogens is 2. The summed E-state index contributed by atoms with van der Waals surface area (Å²) < 4.78 is 27.8. The van der Waals surface area contributed by atoms with Crippen LogP contribution in [0.4, 0.5) is 20.2 Å². The van der Waals surface area contributed by atoms with Gasteiger partial charge in [-0.2, -0.15) is 0 Å². The number of benzene rings is 1. The van der Waals surface area contributed by atoms with Gasteiger partial charge in [0.25, 0.3) is 0 Å². The predicted octanol–water partition coefficient (Wildman–Crippen LogP) is -0.696. The summed E-state index contributed by atoms with van der Waals surface area (Å²) in [5.41, 5.74) is 5.24. The van der Waals surface area contributed by atoms with Gasteiger partial charge in [-0.05, 0) is 12.1 Å².